The molecule has 0 aliphatic rings. The molecule has 0 bridgehead atoms. The van der Waals surface area contributed by atoms with E-state index in [-0.39, 0.29) is 0 Å². The number of nitrogens with two attached hydrogens (primary N) is 1. The van der Waals surface area contributed by atoms with Gasteiger partial charge in [-0.3, -0.25) is 9.67 Å². The topological polar surface area (TPSA) is 68.8 Å². The van der Waals surface area contributed by atoms with Crippen LogP contribution >= 0.6 is 0 Å². The van der Waals surface area contributed by atoms with Gasteiger partial charge in [0.2, 0.25) is 0 Å². The zero-order chi connectivity index (χ0) is 11.4. The molecule has 0 fully saturated rings. The van der Waals surface area contributed by atoms with Gasteiger partial charge in [0, 0.05) is 38.1 Å². The van der Waals surface area contributed by atoms with Crippen molar-refractivity contribution in [2.24, 2.45) is 7.05 Å². The number of aromatic nitrogens is 3. The minimum atomic E-state index is 0.670. The fourth-order valence-corrected chi connectivity index (χ4v) is 1.50. The third-order valence-corrected chi connectivity index (χ3v) is 2.26. The molecule has 0 unspecified atom stereocenters. The third-order valence-electron chi connectivity index (χ3n) is 2.26. The molecule has 2 rings (SSSR count). The Hall–Kier alpha value is -2.04. The molecule has 0 aliphatic carbocycles. The number of nitrogen functional groups attached to an aromatic ring is 1. The van der Waals surface area contributed by atoms with Gasteiger partial charge in [0.05, 0.1) is 5.69 Å². The van der Waals surface area contributed by atoms with E-state index in [1.54, 1.807) is 17.1 Å². The molecule has 0 aromatic carbocycles. The summed E-state index contributed by atoms with van der Waals surface area (Å²) in [6, 6.07) is 5.90. The lowest BCUT2D eigenvalue weighted by Crippen LogP contribution is -2.07. The number of nitrogens with zero attached hydrogens (tertiary/aromatic N) is 3. The first-order valence-corrected chi connectivity index (χ1v) is 5.18. The monoisotopic (exact) mass is 217 g/mol. The SMILES string of the molecule is Cn1cc(N)c(NCCc2ccccn2)n1. The van der Waals surface area contributed by atoms with E-state index < -0.39 is 0 Å². The van der Waals surface area contributed by atoms with Gasteiger partial charge < -0.3 is 11.1 Å². The van der Waals surface area contributed by atoms with Crippen LogP contribution in [-0.4, -0.2) is 21.3 Å². The van der Waals surface area contributed by atoms with Gasteiger partial charge in [0.1, 0.15) is 0 Å². The molecule has 0 saturated heterocycles. The Morgan fingerprint density at radius 3 is 2.94 bits per heavy atom. The summed E-state index contributed by atoms with van der Waals surface area (Å²) >= 11 is 0. The number of hydrogen-bond acceptors (Lipinski definition) is 4. The molecule has 84 valence electrons. The number of hydrogen-bond donors (Lipinski definition) is 2. The van der Waals surface area contributed by atoms with Gasteiger partial charge in [-0.15, -0.1) is 0 Å². The fraction of sp³-hybridized carbons (Fsp3) is 0.273. The summed E-state index contributed by atoms with van der Waals surface area (Å²) in [5.74, 6) is 0.735. The van der Waals surface area contributed by atoms with E-state index in [9.17, 15) is 0 Å². The van der Waals surface area contributed by atoms with Crippen molar-refractivity contribution in [1.29, 1.82) is 0 Å². The van der Waals surface area contributed by atoms with Crippen molar-refractivity contribution in [2.75, 3.05) is 17.6 Å². The average Bonchev–Trinajstić information content (AvgIpc) is 2.59. The van der Waals surface area contributed by atoms with Gasteiger partial charge in [0.25, 0.3) is 0 Å². The van der Waals surface area contributed by atoms with Gasteiger partial charge in [0.15, 0.2) is 5.82 Å². The van der Waals surface area contributed by atoms with Crippen molar-refractivity contribution in [3.63, 3.8) is 0 Å². The van der Waals surface area contributed by atoms with Crippen molar-refractivity contribution in [2.45, 2.75) is 6.42 Å². The Bertz CT molecular complexity index is 449. The summed E-state index contributed by atoms with van der Waals surface area (Å²) in [4.78, 5) is 4.24. The van der Waals surface area contributed by atoms with Crippen LogP contribution in [0.15, 0.2) is 30.6 Å². The molecule has 0 atom stereocenters. The summed E-state index contributed by atoms with van der Waals surface area (Å²) in [6.45, 7) is 0.776. The van der Waals surface area contributed by atoms with E-state index in [0.717, 1.165) is 24.5 Å². The van der Waals surface area contributed by atoms with Crippen LogP contribution in [0.3, 0.4) is 0 Å². The zero-order valence-electron chi connectivity index (χ0n) is 9.22. The fourth-order valence-electron chi connectivity index (χ4n) is 1.50. The molecule has 2 aromatic heterocycles. The van der Waals surface area contributed by atoms with Crippen LogP contribution in [0.25, 0.3) is 0 Å². The third kappa shape index (κ3) is 2.50. The van der Waals surface area contributed by atoms with E-state index >= 15 is 0 Å². The molecule has 5 nitrogen and oxygen atoms in total. The van der Waals surface area contributed by atoms with E-state index in [2.05, 4.69) is 15.4 Å². The molecule has 2 heterocycles. The lowest BCUT2D eigenvalue weighted by atomic mass is 10.3. The minimum Gasteiger partial charge on any atom is -0.394 e. The maximum atomic E-state index is 5.76. The van der Waals surface area contributed by atoms with Crippen LogP contribution in [0.2, 0.25) is 0 Å². The van der Waals surface area contributed by atoms with Crippen LogP contribution in [-0.2, 0) is 13.5 Å². The Kier molecular flexibility index (Phi) is 3.05. The van der Waals surface area contributed by atoms with Crippen molar-refractivity contribution >= 4 is 11.5 Å². The maximum Gasteiger partial charge on any atom is 0.171 e. The molecule has 0 amide bonds. The largest absolute Gasteiger partial charge is 0.394 e. The molecular weight excluding hydrogens is 202 g/mol. The number of nitrogens with one attached hydrogen (secondary N) is 1. The Morgan fingerprint density at radius 1 is 1.44 bits per heavy atom. The molecule has 0 saturated carbocycles. The van der Waals surface area contributed by atoms with Crippen molar-refractivity contribution in [1.82, 2.24) is 14.8 Å². The van der Waals surface area contributed by atoms with Gasteiger partial charge in [-0.05, 0) is 12.1 Å². The second-order valence-corrected chi connectivity index (χ2v) is 3.60. The summed E-state index contributed by atoms with van der Waals surface area (Å²) in [6.07, 6.45) is 4.43. The van der Waals surface area contributed by atoms with Crippen LogP contribution in [0.5, 0.6) is 0 Å². The van der Waals surface area contributed by atoms with Gasteiger partial charge in [-0.2, -0.15) is 5.10 Å². The van der Waals surface area contributed by atoms with Crippen LogP contribution in [0.4, 0.5) is 11.5 Å². The number of pyridine rings is 1. The van der Waals surface area contributed by atoms with Gasteiger partial charge >= 0.3 is 0 Å². The highest BCUT2D eigenvalue weighted by Gasteiger charge is 2.02. The van der Waals surface area contributed by atoms with Gasteiger partial charge in [-0.1, -0.05) is 6.07 Å². The molecule has 0 radical (unpaired) electrons. The van der Waals surface area contributed by atoms with Crippen molar-refractivity contribution in [3.8, 4) is 0 Å². The first-order valence-electron chi connectivity index (χ1n) is 5.18. The number of anilines is 2. The second kappa shape index (κ2) is 4.65. The summed E-state index contributed by atoms with van der Waals surface area (Å²) in [5, 5.41) is 7.39. The van der Waals surface area contributed by atoms with E-state index in [1.165, 1.54) is 0 Å². The predicted molar refractivity (Wildman–Crippen MR) is 64.1 cm³/mol. The lowest BCUT2D eigenvalue weighted by Gasteiger charge is -2.03. The quantitative estimate of drug-likeness (QED) is 0.803. The highest BCUT2D eigenvalue weighted by Crippen LogP contribution is 2.13. The van der Waals surface area contributed by atoms with E-state index in [0.29, 0.717) is 5.69 Å². The maximum absolute atomic E-state index is 5.76. The zero-order valence-corrected chi connectivity index (χ0v) is 9.22. The Balaban J connectivity index is 1.87. The number of rotatable bonds is 4. The molecule has 0 aliphatic heterocycles. The smallest absolute Gasteiger partial charge is 0.171 e. The molecule has 3 N–H and O–H groups in total. The molecule has 16 heavy (non-hydrogen) atoms. The summed E-state index contributed by atoms with van der Waals surface area (Å²) in [7, 11) is 1.85. The van der Waals surface area contributed by atoms with Crippen LogP contribution < -0.4 is 11.1 Å². The molecule has 2 aromatic rings. The lowest BCUT2D eigenvalue weighted by molar-refractivity contribution is 0.767. The molecule has 5 heteroatoms. The number of aryl methyl sites for hydroxylation is 1. The predicted octanol–water partition coefficient (Wildman–Crippen LogP) is 1.05. The van der Waals surface area contributed by atoms with Crippen LogP contribution in [0, 0.1) is 0 Å². The van der Waals surface area contributed by atoms with E-state index in [4.69, 9.17) is 5.73 Å². The summed E-state index contributed by atoms with van der Waals surface area (Å²) in [5.41, 5.74) is 7.49. The van der Waals surface area contributed by atoms with Crippen LogP contribution in [0.1, 0.15) is 5.69 Å². The average molecular weight is 217 g/mol. The standard InChI is InChI=1S/C11H15N5/c1-16-8-10(12)11(15-16)14-7-5-9-4-2-3-6-13-9/h2-4,6,8H,5,7,12H2,1H3,(H,14,15). The second-order valence-electron chi connectivity index (χ2n) is 3.60. The van der Waals surface area contributed by atoms with Gasteiger partial charge in [-0.25, -0.2) is 0 Å². The highest BCUT2D eigenvalue weighted by molar-refractivity contribution is 5.59. The molecular formula is C11H15N5. The summed E-state index contributed by atoms with van der Waals surface area (Å²) < 4.78 is 1.69. The van der Waals surface area contributed by atoms with Crippen molar-refractivity contribution in [3.05, 3.63) is 36.3 Å². The first kappa shape index (κ1) is 10.5. The normalized spacial score (nSPS) is 10.3. The first-order chi connectivity index (χ1) is 7.75. The Labute approximate surface area is 94.3 Å². The highest BCUT2D eigenvalue weighted by atomic mass is 15.3. The van der Waals surface area contributed by atoms with E-state index in [1.807, 2.05) is 25.2 Å². The molecule has 0 spiro atoms. The minimum absolute atomic E-state index is 0.670. The van der Waals surface area contributed by atoms with Crippen molar-refractivity contribution < 1.29 is 0 Å². The Morgan fingerprint density at radius 2 is 2.31 bits per heavy atom.